The summed E-state index contributed by atoms with van der Waals surface area (Å²) in [7, 11) is 0. The van der Waals surface area contributed by atoms with Crippen LogP contribution in [0.4, 0.5) is 4.79 Å². The van der Waals surface area contributed by atoms with Gasteiger partial charge in [-0.2, -0.15) is 0 Å². The molecular formula is C18H25N3O2. The van der Waals surface area contributed by atoms with Crippen molar-refractivity contribution in [3.63, 3.8) is 0 Å². The van der Waals surface area contributed by atoms with Crippen LogP contribution in [-0.4, -0.2) is 37.3 Å². The summed E-state index contributed by atoms with van der Waals surface area (Å²) in [5, 5.41) is 6.86. The summed E-state index contributed by atoms with van der Waals surface area (Å²) in [6.45, 7) is 9.86. The van der Waals surface area contributed by atoms with E-state index in [4.69, 9.17) is 4.74 Å². The van der Waals surface area contributed by atoms with E-state index in [2.05, 4.69) is 47.3 Å². The van der Waals surface area contributed by atoms with Crippen LogP contribution in [0, 0.1) is 6.92 Å². The second-order valence-electron chi connectivity index (χ2n) is 5.75. The molecule has 0 aliphatic rings. The number of para-hydroxylation sites is 1. The van der Waals surface area contributed by atoms with E-state index >= 15 is 0 Å². The fraction of sp³-hybridized carbons (Fsp3) is 0.389. The monoisotopic (exact) mass is 315 g/mol. The molecule has 0 aliphatic carbocycles. The zero-order chi connectivity index (χ0) is 16.7. The Hall–Kier alpha value is -2.27. The van der Waals surface area contributed by atoms with Crippen LogP contribution in [0.3, 0.4) is 0 Å². The summed E-state index contributed by atoms with van der Waals surface area (Å²) in [6, 6.07) is 6.08. The molecular weight excluding hydrogens is 290 g/mol. The highest BCUT2D eigenvalue weighted by molar-refractivity contribution is 5.85. The third-order valence-electron chi connectivity index (χ3n) is 3.57. The maximum absolute atomic E-state index is 11.7. The number of ether oxygens (including phenoxy) is 1. The zero-order valence-corrected chi connectivity index (χ0v) is 13.9. The van der Waals surface area contributed by atoms with E-state index in [0.29, 0.717) is 26.3 Å². The standard InChI is InChI=1S/C18H25N3O2/c1-13(2)12-23-10-9-20-18(22)19-8-7-15-11-21-17-14(3)5-4-6-16(15)17/h4-6,11,21H,1,7-10,12H2,2-3H3,(H2,19,20,22). The van der Waals surface area contributed by atoms with Crippen molar-refractivity contribution in [2.24, 2.45) is 0 Å². The molecule has 0 atom stereocenters. The summed E-state index contributed by atoms with van der Waals surface area (Å²) in [5.74, 6) is 0. The van der Waals surface area contributed by atoms with E-state index in [1.165, 1.54) is 22.0 Å². The summed E-state index contributed by atoms with van der Waals surface area (Å²) in [6.07, 6.45) is 2.81. The first-order chi connectivity index (χ1) is 11.1. The van der Waals surface area contributed by atoms with Crippen molar-refractivity contribution in [3.8, 4) is 0 Å². The number of nitrogens with one attached hydrogen (secondary N) is 3. The molecule has 1 heterocycles. The number of carbonyl (C=O) groups is 1. The van der Waals surface area contributed by atoms with Gasteiger partial charge in [-0.25, -0.2) is 4.79 Å². The summed E-state index contributed by atoms with van der Waals surface area (Å²) >= 11 is 0. The predicted octanol–water partition coefficient (Wildman–Crippen LogP) is 2.91. The molecule has 5 nitrogen and oxygen atoms in total. The molecule has 0 saturated heterocycles. The summed E-state index contributed by atoms with van der Waals surface area (Å²) in [5.41, 5.74) is 4.59. The van der Waals surface area contributed by atoms with Gasteiger partial charge in [-0.1, -0.05) is 30.4 Å². The van der Waals surface area contributed by atoms with Gasteiger partial charge in [-0.05, 0) is 31.4 Å². The number of carbonyl (C=O) groups excluding carboxylic acids is 1. The third-order valence-corrected chi connectivity index (χ3v) is 3.57. The Morgan fingerprint density at radius 1 is 1.30 bits per heavy atom. The molecule has 23 heavy (non-hydrogen) atoms. The molecule has 0 unspecified atom stereocenters. The van der Waals surface area contributed by atoms with E-state index in [0.717, 1.165) is 12.0 Å². The molecule has 0 aliphatic heterocycles. The van der Waals surface area contributed by atoms with Crippen LogP contribution in [0.1, 0.15) is 18.1 Å². The molecule has 5 heteroatoms. The molecule has 1 aromatic heterocycles. The minimum Gasteiger partial charge on any atom is -0.375 e. The molecule has 0 saturated carbocycles. The van der Waals surface area contributed by atoms with Crippen LogP contribution >= 0.6 is 0 Å². The Labute approximate surface area is 137 Å². The van der Waals surface area contributed by atoms with Gasteiger partial charge in [0.1, 0.15) is 0 Å². The lowest BCUT2D eigenvalue weighted by Crippen LogP contribution is -2.38. The van der Waals surface area contributed by atoms with Crippen LogP contribution in [0.15, 0.2) is 36.5 Å². The lowest BCUT2D eigenvalue weighted by molar-refractivity contribution is 0.158. The Morgan fingerprint density at radius 2 is 2.09 bits per heavy atom. The highest BCUT2D eigenvalue weighted by atomic mass is 16.5. The van der Waals surface area contributed by atoms with E-state index in [9.17, 15) is 4.79 Å². The number of aromatic nitrogens is 1. The molecule has 0 spiro atoms. The number of fused-ring (bicyclic) bond motifs is 1. The SMILES string of the molecule is C=C(C)COCCNC(=O)NCCc1c[nH]c2c(C)cccc12. The van der Waals surface area contributed by atoms with Gasteiger partial charge >= 0.3 is 6.03 Å². The number of H-pyrrole nitrogens is 1. The number of amides is 2. The number of hydrogen-bond donors (Lipinski definition) is 3. The number of benzene rings is 1. The lowest BCUT2D eigenvalue weighted by Gasteiger charge is -2.08. The van der Waals surface area contributed by atoms with Crippen molar-refractivity contribution < 1.29 is 9.53 Å². The summed E-state index contributed by atoms with van der Waals surface area (Å²) in [4.78, 5) is 15.0. The van der Waals surface area contributed by atoms with Crippen LogP contribution < -0.4 is 10.6 Å². The summed E-state index contributed by atoms with van der Waals surface area (Å²) < 4.78 is 5.32. The van der Waals surface area contributed by atoms with Gasteiger partial charge in [0.15, 0.2) is 0 Å². The predicted molar refractivity (Wildman–Crippen MR) is 93.8 cm³/mol. The van der Waals surface area contributed by atoms with E-state index < -0.39 is 0 Å². The van der Waals surface area contributed by atoms with Crippen LogP contribution in [0.25, 0.3) is 10.9 Å². The smallest absolute Gasteiger partial charge is 0.314 e. The van der Waals surface area contributed by atoms with Crippen molar-refractivity contribution in [1.29, 1.82) is 0 Å². The number of hydrogen-bond acceptors (Lipinski definition) is 2. The zero-order valence-electron chi connectivity index (χ0n) is 13.9. The van der Waals surface area contributed by atoms with E-state index in [1.807, 2.05) is 13.1 Å². The normalized spacial score (nSPS) is 10.7. The van der Waals surface area contributed by atoms with Crippen molar-refractivity contribution in [3.05, 3.63) is 47.7 Å². The number of rotatable bonds is 8. The molecule has 0 fully saturated rings. The van der Waals surface area contributed by atoms with Crippen LogP contribution in [0.2, 0.25) is 0 Å². The van der Waals surface area contributed by atoms with Crippen molar-refractivity contribution in [1.82, 2.24) is 15.6 Å². The van der Waals surface area contributed by atoms with Gasteiger partial charge in [-0.15, -0.1) is 0 Å². The van der Waals surface area contributed by atoms with Crippen molar-refractivity contribution >= 4 is 16.9 Å². The van der Waals surface area contributed by atoms with Crippen LogP contribution in [-0.2, 0) is 11.2 Å². The average Bonchev–Trinajstić information content (AvgIpc) is 2.91. The Morgan fingerprint density at radius 3 is 2.87 bits per heavy atom. The molecule has 1 aromatic carbocycles. The minimum absolute atomic E-state index is 0.167. The number of aryl methyl sites for hydroxylation is 1. The van der Waals surface area contributed by atoms with Gasteiger partial charge < -0.3 is 20.4 Å². The Kier molecular flexibility index (Phi) is 6.23. The minimum atomic E-state index is -0.167. The first-order valence-electron chi connectivity index (χ1n) is 7.87. The molecule has 0 bridgehead atoms. The first kappa shape index (κ1) is 17.1. The quantitative estimate of drug-likeness (QED) is 0.518. The van der Waals surface area contributed by atoms with Gasteiger partial charge in [0, 0.05) is 30.2 Å². The van der Waals surface area contributed by atoms with E-state index in [-0.39, 0.29) is 6.03 Å². The molecule has 2 rings (SSSR count). The maximum Gasteiger partial charge on any atom is 0.314 e. The number of urea groups is 1. The average molecular weight is 315 g/mol. The van der Waals surface area contributed by atoms with E-state index in [1.54, 1.807) is 0 Å². The van der Waals surface area contributed by atoms with Gasteiger partial charge in [-0.3, -0.25) is 0 Å². The number of aromatic amines is 1. The highest BCUT2D eigenvalue weighted by Crippen LogP contribution is 2.21. The molecule has 3 N–H and O–H groups in total. The Balaban J connectivity index is 1.69. The largest absolute Gasteiger partial charge is 0.375 e. The lowest BCUT2D eigenvalue weighted by atomic mass is 10.1. The molecule has 2 amide bonds. The van der Waals surface area contributed by atoms with Gasteiger partial charge in [0.2, 0.25) is 0 Å². The van der Waals surface area contributed by atoms with Crippen molar-refractivity contribution in [2.45, 2.75) is 20.3 Å². The second kappa shape index (κ2) is 8.39. The fourth-order valence-electron chi connectivity index (χ4n) is 2.43. The third kappa shape index (κ3) is 5.14. The highest BCUT2D eigenvalue weighted by Gasteiger charge is 2.06. The maximum atomic E-state index is 11.7. The first-order valence-corrected chi connectivity index (χ1v) is 7.87. The second-order valence-corrected chi connectivity index (χ2v) is 5.75. The van der Waals surface area contributed by atoms with Gasteiger partial charge in [0.05, 0.1) is 13.2 Å². The molecule has 2 aromatic rings. The fourth-order valence-corrected chi connectivity index (χ4v) is 2.43. The molecule has 0 radical (unpaired) electrons. The van der Waals surface area contributed by atoms with Crippen LogP contribution in [0.5, 0.6) is 0 Å². The topological polar surface area (TPSA) is 66.2 Å². The Bertz CT molecular complexity index is 676. The van der Waals surface area contributed by atoms with Crippen molar-refractivity contribution in [2.75, 3.05) is 26.3 Å². The van der Waals surface area contributed by atoms with Gasteiger partial charge in [0.25, 0.3) is 0 Å². The molecule has 124 valence electrons.